The zero-order valence-electron chi connectivity index (χ0n) is 10.5. The highest BCUT2D eigenvalue weighted by atomic mass is 19.1. The van der Waals surface area contributed by atoms with Gasteiger partial charge in [-0.15, -0.1) is 0 Å². The molecule has 0 amide bonds. The molecule has 0 aliphatic heterocycles. The number of nitrogens with zero attached hydrogens (tertiary/aromatic N) is 2. The number of fused-ring (bicyclic) bond motifs is 1. The molecule has 0 saturated heterocycles. The van der Waals surface area contributed by atoms with Gasteiger partial charge in [0.25, 0.3) is 0 Å². The van der Waals surface area contributed by atoms with E-state index < -0.39 is 0 Å². The Bertz CT molecular complexity index is 486. The van der Waals surface area contributed by atoms with E-state index in [0.29, 0.717) is 0 Å². The Hall–Kier alpha value is -1.35. The number of aromatic nitrogens is 1. The second-order valence-corrected chi connectivity index (χ2v) is 4.24. The average Bonchev–Trinajstić information content (AvgIpc) is 2.73. The minimum Gasteiger partial charge on any atom is -0.346 e. The van der Waals surface area contributed by atoms with Gasteiger partial charge in [-0.05, 0) is 37.4 Å². The van der Waals surface area contributed by atoms with Crippen molar-refractivity contribution in [3.05, 3.63) is 36.3 Å². The number of likely N-dealkylation sites (N-methyl/N-ethyl adjacent to an activating group) is 1. The lowest BCUT2D eigenvalue weighted by Crippen LogP contribution is -2.26. The molecule has 0 unspecified atom stereocenters. The fraction of sp³-hybridized carbons (Fsp3) is 0.429. The summed E-state index contributed by atoms with van der Waals surface area (Å²) in [6.07, 6.45) is 2.04. The van der Waals surface area contributed by atoms with Crippen molar-refractivity contribution in [2.24, 2.45) is 0 Å². The molecule has 2 aromatic rings. The molecule has 1 aromatic heterocycles. The van der Waals surface area contributed by atoms with Gasteiger partial charge in [-0.1, -0.05) is 13.8 Å². The first-order chi connectivity index (χ1) is 8.24. The maximum absolute atomic E-state index is 13.1. The van der Waals surface area contributed by atoms with Gasteiger partial charge < -0.3 is 9.47 Å². The molecule has 2 rings (SSSR count). The van der Waals surface area contributed by atoms with Gasteiger partial charge in [0.2, 0.25) is 0 Å². The maximum Gasteiger partial charge on any atom is 0.123 e. The maximum atomic E-state index is 13.1. The molecule has 0 bridgehead atoms. The predicted molar refractivity (Wildman–Crippen MR) is 69.7 cm³/mol. The summed E-state index contributed by atoms with van der Waals surface area (Å²) in [4.78, 5) is 2.38. The van der Waals surface area contributed by atoms with Crippen LogP contribution in [0.2, 0.25) is 0 Å². The summed E-state index contributed by atoms with van der Waals surface area (Å²) >= 11 is 0. The first kappa shape index (κ1) is 12.1. The molecule has 0 aliphatic rings. The zero-order chi connectivity index (χ0) is 12.3. The average molecular weight is 234 g/mol. The van der Waals surface area contributed by atoms with Gasteiger partial charge in [0.15, 0.2) is 0 Å². The molecule has 0 radical (unpaired) electrons. The first-order valence-corrected chi connectivity index (χ1v) is 6.21. The van der Waals surface area contributed by atoms with Crippen LogP contribution in [0.4, 0.5) is 4.39 Å². The fourth-order valence-electron chi connectivity index (χ4n) is 2.15. The molecule has 0 spiro atoms. The van der Waals surface area contributed by atoms with Gasteiger partial charge in [-0.25, -0.2) is 4.39 Å². The number of benzene rings is 1. The van der Waals surface area contributed by atoms with Gasteiger partial charge in [0.1, 0.15) is 5.82 Å². The number of halogens is 1. The van der Waals surface area contributed by atoms with Crippen LogP contribution in [0.25, 0.3) is 10.9 Å². The van der Waals surface area contributed by atoms with Crippen LogP contribution in [0.1, 0.15) is 13.8 Å². The molecule has 0 aliphatic carbocycles. The Kier molecular flexibility index (Phi) is 3.79. The van der Waals surface area contributed by atoms with Crippen molar-refractivity contribution >= 4 is 10.9 Å². The Morgan fingerprint density at radius 3 is 2.65 bits per heavy atom. The van der Waals surface area contributed by atoms with Crippen LogP contribution in [-0.2, 0) is 6.54 Å². The second-order valence-electron chi connectivity index (χ2n) is 4.24. The molecule has 92 valence electrons. The second kappa shape index (κ2) is 5.32. The van der Waals surface area contributed by atoms with E-state index in [0.717, 1.165) is 37.1 Å². The molecule has 0 atom stereocenters. The van der Waals surface area contributed by atoms with E-state index in [-0.39, 0.29) is 5.82 Å². The molecular weight excluding hydrogens is 215 g/mol. The monoisotopic (exact) mass is 234 g/mol. The van der Waals surface area contributed by atoms with E-state index >= 15 is 0 Å². The summed E-state index contributed by atoms with van der Waals surface area (Å²) in [5.74, 6) is -0.168. The normalized spacial score (nSPS) is 11.5. The molecule has 0 N–H and O–H groups in total. The van der Waals surface area contributed by atoms with Crippen LogP contribution in [0.3, 0.4) is 0 Å². The van der Waals surface area contributed by atoms with Gasteiger partial charge in [-0.2, -0.15) is 0 Å². The van der Waals surface area contributed by atoms with Crippen molar-refractivity contribution in [3.8, 4) is 0 Å². The van der Waals surface area contributed by atoms with E-state index in [1.54, 1.807) is 6.07 Å². The first-order valence-electron chi connectivity index (χ1n) is 6.21. The zero-order valence-corrected chi connectivity index (χ0v) is 10.5. The van der Waals surface area contributed by atoms with Crippen LogP contribution < -0.4 is 0 Å². The third kappa shape index (κ3) is 2.67. The van der Waals surface area contributed by atoms with Crippen LogP contribution in [0.5, 0.6) is 0 Å². The lowest BCUT2D eigenvalue weighted by Gasteiger charge is -2.18. The molecule has 17 heavy (non-hydrogen) atoms. The fourth-order valence-corrected chi connectivity index (χ4v) is 2.15. The Morgan fingerprint density at radius 2 is 1.94 bits per heavy atom. The quantitative estimate of drug-likeness (QED) is 0.771. The van der Waals surface area contributed by atoms with Crippen LogP contribution >= 0.6 is 0 Å². The van der Waals surface area contributed by atoms with Crippen LogP contribution in [0.15, 0.2) is 30.5 Å². The lowest BCUT2D eigenvalue weighted by atomic mass is 10.2. The Morgan fingerprint density at radius 1 is 1.18 bits per heavy atom. The summed E-state index contributed by atoms with van der Waals surface area (Å²) in [7, 11) is 0. The molecule has 0 fully saturated rings. The summed E-state index contributed by atoms with van der Waals surface area (Å²) in [5, 5.41) is 0.976. The summed E-state index contributed by atoms with van der Waals surface area (Å²) in [6.45, 7) is 8.49. The van der Waals surface area contributed by atoms with Gasteiger partial charge in [0.05, 0.1) is 0 Å². The molecule has 1 aromatic carbocycles. The molecular formula is C14H19FN2. The van der Waals surface area contributed by atoms with Crippen molar-refractivity contribution in [2.45, 2.75) is 20.4 Å². The van der Waals surface area contributed by atoms with E-state index in [9.17, 15) is 4.39 Å². The molecule has 2 nitrogen and oxygen atoms in total. The smallest absolute Gasteiger partial charge is 0.123 e. The summed E-state index contributed by atoms with van der Waals surface area (Å²) in [6, 6.07) is 6.94. The van der Waals surface area contributed by atoms with Gasteiger partial charge >= 0.3 is 0 Å². The van der Waals surface area contributed by atoms with Gasteiger partial charge in [0, 0.05) is 30.2 Å². The third-order valence-electron chi connectivity index (χ3n) is 3.28. The standard InChI is InChI=1S/C14H19FN2/c1-3-16(4-2)9-10-17-8-7-12-11-13(15)5-6-14(12)17/h5-8,11H,3-4,9-10H2,1-2H3. The van der Waals surface area contributed by atoms with E-state index in [1.165, 1.54) is 6.07 Å². The minimum atomic E-state index is -0.168. The van der Waals surface area contributed by atoms with Crippen LogP contribution in [-0.4, -0.2) is 29.1 Å². The van der Waals surface area contributed by atoms with Crippen LogP contribution in [0, 0.1) is 5.82 Å². The van der Waals surface area contributed by atoms with E-state index in [4.69, 9.17) is 0 Å². The van der Waals surface area contributed by atoms with E-state index in [2.05, 4.69) is 23.3 Å². The highest BCUT2D eigenvalue weighted by Gasteiger charge is 2.04. The topological polar surface area (TPSA) is 8.17 Å². The van der Waals surface area contributed by atoms with Gasteiger partial charge in [-0.3, -0.25) is 0 Å². The van der Waals surface area contributed by atoms with Crippen molar-refractivity contribution in [1.29, 1.82) is 0 Å². The lowest BCUT2D eigenvalue weighted by molar-refractivity contribution is 0.292. The summed E-state index contributed by atoms with van der Waals surface area (Å²) in [5.41, 5.74) is 1.11. The van der Waals surface area contributed by atoms with Crippen molar-refractivity contribution in [2.75, 3.05) is 19.6 Å². The highest BCUT2D eigenvalue weighted by molar-refractivity contribution is 5.80. The predicted octanol–water partition coefficient (Wildman–Crippen LogP) is 3.12. The van der Waals surface area contributed by atoms with Crippen molar-refractivity contribution in [1.82, 2.24) is 9.47 Å². The summed E-state index contributed by atoms with van der Waals surface area (Å²) < 4.78 is 15.2. The SMILES string of the molecule is CCN(CC)CCn1ccc2cc(F)ccc21. The Balaban J connectivity index is 2.14. The molecule has 3 heteroatoms. The minimum absolute atomic E-state index is 0.168. The van der Waals surface area contributed by atoms with E-state index in [1.807, 2.05) is 18.3 Å². The number of hydrogen-bond acceptors (Lipinski definition) is 1. The number of rotatable bonds is 5. The molecule has 0 saturated carbocycles. The Labute approximate surface area is 102 Å². The molecule has 1 heterocycles. The highest BCUT2D eigenvalue weighted by Crippen LogP contribution is 2.16. The van der Waals surface area contributed by atoms with Crippen molar-refractivity contribution in [3.63, 3.8) is 0 Å². The largest absolute Gasteiger partial charge is 0.346 e. The van der Waals surface area contributed by atoms with Crippen molar-refractivity contribution < 1.29 is 4.39 Å². The number of hydrogen-bond donors (Lipinski definition) is 0. The third-order valence-corrected chi connectivity index (χ3v) is 3.28.